The van der Waals surface area contributed by atoms with E-state index in [1.54, 1.807) is 18.1 Å². The van der Waals surface area contributed by atoms with Crippen molar-refractivity contribution in [2.45, 2.75) is 6.92 Å². The molecule has 0 fully saturated rings. The average Bonchev–Trinajstić information content (AvgIpc) is 2.42. The molecule has 0 aliphatic heterocycles. The molecule has 1 amide bonds. The number of carbonyl (C=O) groups is 1. The Kier molecular flexibility index (Phi) is 5.53. The molecule has 1 rings (SSSR count). The van der Waals surface area contributed by atoms with Gasteiger partial charge in [-0.05, 0) is 30.7 Å². The van der Waals surface area contributed by atoms with Gasteiger partial charge >= 0.3 is 0 Å². The smallest absolute Gasteiger partial charge is 0.247 e. The van der Waals surface area contributed by atoms with Gasteiger partial charge in [0, 0.05) is 12.6 Å². The van der Waals surface area contributed by atoms with Crippen molar-refractivity contribution < 1.29 is 9.53 Å². The van der Waals surface area contributed by atoms with Crippen LogP contribution >= 0.6 is 0 Å². The second kappa shape index (κ2) is 7.18. The lowest BCUT2D eigenvalue weighted by Crippen LogP contribution is -2.29. The molecule has 1 aromatic rings. The number of likely N-dealkylation sites (N-methyl/N-ethyl adjacent to an activating group) is 1. The number of carbonyl (C=O) groups excluding carboxylic acids is 1. The number of hydrogen-bond acceptors (Lipinski definition) is 2. The highest BCUT2D eigenvalue weighted by molar-refractivity contribution is 5.91. The second-order valence-electron chi connectivity index (χ2n) is 3.66. The zero-order valence-corrected chi connectivity index (χ0v) is 10.7. The van der Waals surface area contributed by atoms with Crippen molar-refractivity contribution in [3.8, 4) is 18.1 Å². The first-order valence-corrected chi connectivity index (χ1v) is 5.75. The van der Waals surface area contributed by atoms with Crippen molar-refractivity contribution in [1.29, 1.82) is 0 Å². The molecule has 94 valence electrons. The summed E-state index contributed by atoms with van der Waals surface area (Å²) in [5.74, 6) is 3.18. The Morgan fingerprint density at radius 1 is 1.44 bits per heavy atom. The van der Waals surface area contributed by atoms with Crippen LogP contribution in [-0.4, -0.2) is 31.0 Å². The van der Waals surface area contributed by atoms with Gasteiger partial charge in [-0.1, -0.05) is 18.1 Å². The van der Waals surface area contributed by atoms with E-state index in [0.717, 1.165) is 11.3 Å². The van der Waals surface area contributed by atoms with Crippen LogP contribution in [0.4, 0.5) is 0 Å². The summed E-state index contributed by atoms with van der Waals surface area (Å²) in [5, 5.41) is 0. The molecule has 3 nitrogen and oxygen atoms in total. The Morgan fingerprint density at radius 2 is 2.11 bits per heavy atom. The van der Waals surface area contributed by atoms with Gasteiger partial charge in [0.05, 0.1) is 13.7 Å². The van der Waals surface area contributed by atoms with Crippen LogP contribution in [0.1, 0.15) is 12.5 Å². The Balaban J connectivity index is 2.67. The molecule has 0 saturated heterocycles. The third kappa shape index (κ3) is 3.99. The van der Waals surface area contributed by atoms with E-state index in [-0.39, 0.29) is 5.91 Å². The van der Waals surface area contributed by atoms with Crippen molar-refractivity contribution in [3.05, 3.63) is 35.9 Å². The predicted octanol–water partition coefficient (Wildman–Crippen LogP) is 2.19. The molecule has 0 atom stereocenters. The summed E-state index contributed by atoms with van der Waals surface area (Å²) >= 11 is 0. The SMILES string of the molecule is C#CCN(CC)C(=O)/C=C/c1ccc(OC)cc1. The Bertz CT molecular complexity index is 454. The van der Waals surface area contributed by atoms with E-state index in [1.807, 2.05) is 31.2 Å². The maximum atomic E-state index is 11.8. The minimum Gasteiger partial charge on any atom is -0.497 e. The fourth-order valence-electron chi connectivity index (χ4n) is 1.44. The summed E-state index contributed by atoms with van der Waals surface area (Å²) in [6, 6.07) is 7.48. The molecule has 0 aromatic heterocycles. The zero-order chi connectivity index (χ0) is 13.4. The molecule has 0 aliphatic carbocycles. The van der Waals surface area contributed by atoms with E-state index in [1.165, 1.54) is 6.08 Å². The summed E-state index contributed by atoms with van der Waals surface area (Å²) < 4.78 is 5.06. The Hall–Kier alpha value is -2.21. The number of ether oxygens (including phenoxy) is 1. The van der Waals surface area contributed by atoms with Gasteiger partial charge in [-0.2, -0.15) is 0 Å². The number of nitrogens with zero attached hydrogens (tertiary/aromatic N) is 1. The predicted molar refractivity (Wildman–Crippen MR) is 73.1 cm³/mol. The van der Waals surface area contributed by atoms with Gasteiger partial charge in [0.25, 0.3) is 0 Å². The minimum atomic E-state index is -0.0775. The van der Waals surface area contributed by atoms with Crippen LogP contribution in [0.2, 0.25) is 0 Å². The maximum absolute atomic E-state index is 11.8. The maximum Gasteiger partial charge on any atom is 0.247 e. The van der Waals surface area contributed by atoms with Gasteiger partial charge in [0.15, 0.2) is 0 Å². The topological polar surface area (TPSA) is 29.5 Å². The van der Waals surface area contributed by atoms with Crippen LogP contribution in [-0.2, 0) is 4.79 Å². The van der Waals surface area contributed by atoms with Crippen LogP contribution in [0.5, 0.6) is 5.75 Å². The molecule has 0 aliphatic rings. The molecule has 0 unspecified atom stereocenters. The lowest BCUT2D eigenvalue weighted by Gasteiger charge is -2.15. The molecule has 0 spiro atoms. The van der Waals surface area contributed by atoms with E-state index < -0.39 is 0 Å². The number of methoxy groups -OCH3 is 1. The Morgan fingerprint density at radius 3 is 2.61 bits per heavy atom. The van der Waals surface area contributed by atoms with E-state index in [0.29, 0.717) is 13.1 Å². The zero-order valence-electron chi connectivity index (χ0n) is 10.7. The molecular formula is C15H17NO2. The fourth-order valence-corrected chi connectivity index (χ4v) is 1.44. The van der Waals surface area contributed by atoms with E-state index in [9.17, 15) is 4.79 Å². The molecule has 0 heterocycles. The lowest BCUT2D eigenvalue weighted by atomic mass is 10.2. The van der Waals surface area contributed by atoms with Gasteiger partial charge in [-0.3, -0.25) is 4.79 Å². The van der Waals surface area contributed by atoms with Crippen LogP contribution < -0.4 is 4.74 Å². The van der Waals surface area contributed by atoms with Gasteiger partial charge < -0.3 is 9.64 Å². The van der Waals surface area contributed by atoms with Gasteiger partial charge in [0.2, 0.25) is 5.91 Å². The van der Waals surface area contributed by atoms with Crippen LogP contribution in [0.15, 0.2) is 30.3 Å². The van der Waals surface area contributed by atoms with Crippen LogP contribution in [0.25, 0.3) is 6.08 Å². The summed E-state index contributed by atoms with van der Waals surface area (Å²) in [6.07, 6.45) is 8.50. The monoisotopic (exact) mass is 243 g/mol. The highest BCUT2D eigenvalue weighted by atomic mass is 16.5. The van der Waals surface area contributed by atoms with Crippen LogP contribution in [0.3, 0.4) is 0 Å². The van der Waals surface area contributed by atoms with Crippen molar-refractivity contribution in [2.24, 2.45) is 0 Å². The quantitative estimate of drug-likeness (QED) is 0.586. The molecule has 0 radical (unpaired) electrons. The van der Waals surface area contributed by atoms with E-state index in [2.05, 4.69) is 5.92 Å². The van der Waals surface area contributed by atoms with Crippen molar-refractivity contribution in [3.63, 3.8) is 0 Å². The number of rotatable bonds is 5. The molecule has 1 aromatic carbocycles. The third-order valence-electron chi connectivity index (χ3n) is 2.51. The first-order chi connectivity index (χ1) is 8.71. The minimum absolute atomic E-state index is 0.0775. The average molecular weight is 243 g/mol. The highest BCUT2D eigenvalue weighted by Gasteiger charge is 2.05. The molecule has 18 heavy (non-hydrogen) atoms. The second-order valence-corrected chi connectivity index (χ2v) is 3.66. The number of benzene rings is 1. The fraction of sp³-hybridized carbons (Fsp3) is 0.267. The first-order valence-electron chi connectivity index (χ1n) is 5.75. The standard InChI is InChI=1S/C15H17NO2/c1-4-12-16(5-2)15(17)11-8-13-6-9-14(18-3)10-7-13/h1,6-11H,5,12H2,2-3H3/b11-8+. The molecule has 3 heteroatoms. The molecule has 0 saturated carbocycles. The number of terminal acetylenes is 1. The molecule has 0 N–H and O–H groups in total. The first kappa shape index (κ1) is 13.9. The molecular weight excluding hydrogens is 226 g/mol. The van der Waals surface area contributed by atoms with E-state index in [4.69, 9.17) is 11.2 Å². The summed E-state index contributed by atoms with van der Waals surface area (Å²) in [5.41, 5.74) is 0.945. The van der Waals surface area contributed by atoms with Crippen molar-refractivity contribution in [1.82, 2.24) is 4.90 Å². The third-order valence-corrected chi connectivity index (χ3v) is 2.51. The normalized spacial score (nSPS) is 10.1. The largest absolute Gasteiger partial charge is 0.497 e. The van der Waals surface area contributed by atoms with Gasteiger partial charge in [-0.15, -0.1) is 6.42 Å². The summed E-state index contributed by atoms with van der Waals surface area (Å²) in [6.45, 7) is 2.84. The number of amides is 1. The van der Waals surface area contributed by atoms with Crippen molar-refractivity contribution >= 4 is 12.0 Å². The molecule has 0 bridgehead atoms. The van der Waals surface area contributed by atoms with Gasteiger partial charge in [-0.25, -0.2) is 0 Å². The summed E-state index contributed by atoms with van der Waals surface area (Å²) in [7, 11) is 1.62. The van der Waals surface area contributed by atoms with Crippen LogP contribution in [0, 0.1) is 12.3 Å². The number of hydrogen-bond donors (Lipinski definition) is 0. The van der Waals surface area contributed by atoms with Crippen molar-refractivity contribution in [2.75, 3.05) is 20.2 Å². The van der Waals surface area contributed by atoms with Gasteiger partial charge in [0.1, 0.15) is 5.75 Å². The van der Waals surface area contributed by atoms with E-state index >= 15 is 0 Å². The highest BCUT2D eigenvalue weighted by Crippen LogP contribution is 2.12. The Labute approximate surface area is 108 Å². The lowest BCUT2D eigenvalue weighted by molar-refractivity contribution is -0.125. The summed E-state index contributed by atoms with van der Waals surface area (Å²) in [4.78, 5) is 13.4.